The van der Waals surface area contributed by atoms with Crippen LogP contribution in [0, 0.1) is 10.1 Å². The molecule has 0 bridgehead atoms. The summed E-state index contributed by atoms with van der Waals surface area (Å²) >= 11 is 0. The van der Waals surface area contributed by atoms with Gasteiger partial charge in [-0.15, -0.1) is 0 Å². The summed E-state index contributed by atoms with van der Waals surface area (Å²) in [5.41, 5.74) is 0.0317. The molecule has 1 atom stereocenters. The van der Waals surface area contributed by atoms with E-state index in [0.717, 1.165) is 26.2 Å². The maximum Gasteiger partial charge on any atom is 0.306 e. The van der Waals surface area contributed by atoms with Crippen LogP contribution in [0.1, 0.15) is 6.42 Å². The Balaban J connectivity index is 1.74. The molecule has 0 saturated carbocycles. The largest absolute Gasteiger partial charge is 0.380 e. The van der Waals surface area contributed by atoms with Crippen molar-refractivity contribution < 1.29 is 9.66 Å². The second kappa shape index (κ2) is 5.04. The van der Waals surface area contributed by atoms with Crippen LogP contribution in [0.2, 0.25) is 0 Å². The van der Waals surface area contributed by atoms with Crippen LogP contribution in [-0.2, 0) is 11.3 Å². The normalized spacial score (nSPS) is 20.1. The van der Waals surface area contributed by atoms with E-state index in [-0.39, 0.29) is 5.69 Å². The lowest BCUT2D eigenvalue weighted by Gasteiger charge is -2.09. The molecule has 1 aromatic heterocycles. The zero-order valence-electron chi connectivity index (χ0n) is 8.83. The number of nitrogens with zero attached hydrogens (tertiary/aromatic N) is 3. The first-order valence-electron chi connectivity index (χ1n) is 5.23. The van der Waals surface area contributed by atoms with E-state index in [4.69, 9.17) is 4.74 Å². The van der Waals surface area contributed by atoms with Crippen molar-refractivity contribution in [2.45, 2.75) is 19.0 Å². The molecule has 16 heavy (non-hydrogen) atoms. The van der Waals surface area contributed by atoms with Gasteiger partial charge in [0.05, 0.1) is 18.1 Å². The second-order valence-corrected chi connectivity index (χ2v) is 3.73. The minimum Gasteiger partial charge on any atom is -0.380 e. The first-order chi connectivity index (χ1) is 7.75. The summed E-state index contributed by atoms with van der Waals surface area (Å²) in [5.74, 6) is 0. The fourth-order valence-corrected chi connectivity index (χ4v) is 1.65. The van der Waals surface area contributed by atoms with Crippen LogP contribution in [0.5, 0.6) is 0 Å². The summed E-state index contributed by atoms with van der Waals surface area (Å²) in [6, 6.07) is 0.408. The van der Waals surface area contributed by atoms with Gasteiger partial charge in [0.25, 0.3) is 0 Å². The van der Waals surface area contributed by atoms with Gasteiger partial charge in [-0.1, -0.05) is 0 Å². The molecule has 1 aliphatic heterocycles. The fourth-order valence-electron chi connectivity index (χ4n) is 1.65. The lowest BCUT2D eigenvalue weighted by Crippen LogP contribution is -2.32. The first-order valence-corrected chi connectivity index (χ1v) is 5.23. The van der Waals surface area contributed by atoms with Gasteiger partial charge in [-0.2, -0.15) is 5.10 Å². The Labute approximate surface area is 92.5 Å². The standard InChI is InChI=1S/C9H14N4O3/c14-13(15)9-5-11-12(6-9)3-2-10-8-1-4-16-7-8/h5-6,8,10H,1-4,7H2. The first kappa shape index (κ1) is 11.0. The molecule has 0 spiro atoms. The lowest BCUT2D eigenvalue weighted by atomic mass is 10.3. The van der Waals surface area contributed by atoms with Gasteiger partial charge in [0.1, 0.15) is 12.4 Å². The average molecular weight is 226 g/mol. The molecule has 1 N–H and O–H groups in total. The highest BCUT2D eigenvalue weighted by atomic mass is 16.6. The Morgan fingerprint density at radius 3 is 3.25 bits per heavy atom. The highest BCUT2D eigenvalue weighted by Gasteiger charge is 2.14. The van der Waals surface area contributed by atoms with Gasteiger partial charge in [0, 0.05) is 19.2 Å². The van der Waals surface area contributed by atoms with E-state index in [1.54, 1.807) is 4.68 Å². The Morgan fingerprint density at radius 1 is 1.75 bits per heavy atom. The van der Waals surface area contributed by atoms with E-state index in [2.05, 4.69) is 10.4 Å². The molecule has 2 heterocycles. The molecule has 1 aromatic rings. The Hall–Kier alpha value is -1.47. The van der Waals surface area contributed by atoms with Crippen LogP contribution in [-0.4, -0.2) is 40.5 Å². The monoisotopic (exact) mass is 226 g/mol. The Kier molecular flexibility index (Phi) is 3.47. The molecule has 1 unspecified atom stereocenters. The molecule has 1 saturated heterocycles. The van der Waals surface area contributed by atoms with Crippen molar-refractivity contribution in [1.82, 2.24) is 15.1 Å². The number of hydrogen-bond acceptors (Lipinski definition) is 5. The highest BCUT2D eigenvalue weighted by molar-refractivity contribution is 5.20. The topological polar surface area (TPSA) is 82.2 Å². The maximum absolute atomic E-state index is 10.4. The number of aromatic nitrogens is 2. The van der Waals surface area contributed by atoms with Crippen LogP contribution in [0.4, 0.5) is 5.69 Å². The van der Waals surface area contributed by atoms with Crippen molar-refractivity contribution in [3.63, 3.8) is 0 Å². The van der Waals surface area contributed by atoms with Gasteiger partial charge >= 0.3 is 5.69 Å². The molecule has 1 fully saturated rings. The van der Waals surface area contributed by atoms with Crippen LogP contribution in [0.15, 0.2) is 12.4 Å². The third-order valence-electron chi connectivity index (χ3n) is 2.53. The fraction of sp³-hybridized carbons (Fsp3) is 0.667. The van der Waals surface area contributed by atoms with Crippen molar-refractivity contribution in [2.24, 2.45) is 0 Å². The molecule has 88 valence electrons. The minimum atomic E-state index is -0.443. The second-order valence-electron chi connectivity index (χ2n) is 3.73. The molecule has 2 rings (SSSR count). The molecular weight excluding hydrogens is 212 g/mol. The van der Waals surface area contributed by atoms with Gasteiger partial charge < -0.3 is 10.1 Å². The molecule has 0 radical (unpaired) electrons. The number of nitro groups is 1. The zero-order valence-corrected chi connectivity index (χ0v) is 8.83. The number of ether oxygens (including phenoxy) is 1. The van der Waals surface area contributed by atoms with Gasteiger partial charge in [-0.25, -0.2) is 0 Å². The van der Waals surface area contributed by atoms with E-state index < -0.39 is 4.92 Å². The summed E-state index contributed by atoms with van der Waals surface area (Å²) in [4.78, 5) is 9.97. The third kappa shape index (κ3) is 2.77. The van der Waals surface area contributed by atoms with Crippen LogP contribution in [0.25, 0.3) is 0 Å². The highest BCUT2D eigenvalue weighted by Crippen LogP contribution is 2.07. The molecule has 0 aromatic carbocycles. The molecule has 0 aliphatic carbocycles. The summed E-state index contributed by atoms with van der Waals surface area (Å²) in [6.07, 6.45) is 3.73. The molecule has 1 aliphatic rings. The van der Waals surface area contributed by atoms with Crippen molar-refractivity contribution in [1.29, 1.82) is 0 Å². The summed E-state index contributed by atoms with van der Waals surface area (Å²) in [7, 11) is 0. The van der Waals surface area contributed by atoms with E-state index in [0.29, 0.717) is 12.6 Å². The number of rotatable bonds is 5. The molecular formula is C9H14N4O3. The van der Waals surface area contributed by atoms with Gasteiger partial charge in [-0.05, 0) is 6.42 Å². The average Bonchev–Trinajstić information content (AvgIpc) is 2.87. The van der Waals surface area contributed by atoms with Crippen molar-refractivity contribution in [3.05, 3.63) is 22.5 Å². The van der Waals surface area contributed by atoms with Crippen LogP contribution >= 0.6 is 0 Å². The third-order valence-corrected chi connectivity index (χ3v) is 2.53. The minimum absolute atomic E-state index is 0.0317. The quantitative estimate of drug-likeness (QED) is 0.571. The van der Waals surface area contributed by atoms with Gasteiger partial charge in [0.2, 0.25) is 0 Å². The van der Waals surface area contributed by atoms with E-state index in [9.17, 15) is 10.1 Å². The van der Waals surface area contributed by atoms with E-state index in [1.165, 1.54) is 12.4 Å². The predicted octanol–water partition coefficient (Wildman–Crippen LogP) is 0.170. The number of nitrogens with one attached hydrogen (secondary N) is 1. The molecule has 0 amide bonds. The van der Waals surface area contributed by atoms with Crippen LogP contribution in [0.3, 0.4) is 0 Å². The van der Waals surface area contributed by atoms with Crippen molar-refractivity contribution in [3.8, 4) is 0 Å². The SMILES string of the molecule is O=[N+]([O-])c1cnn(CCNC2CCOC2)c1. The predicted molar refractivity (Wildman–Crippen MR) is 56.1 cm³/mol. The summed E-state index contributed by atoms with van der Waals surface area (Å²) in [6.45, 7) is 2.93. The zero-order chi connectivity index (χ0) is 11.4. The lowest BCUT2D eigenvalue weighted by molar-refractivity contribution is -0.385. The molecule has 7 nitrogen and oxygen atoms in total. The number of hydrogen-bond donors (Lipinski definition) is 1. The maximum atomic E-state index is 10.4. The van der Waals surface area contributed by atoms with Crippen molar-refractivity contribution in [2.75, 3.05) is 19.8 Å². The van der Waals surface area contributed by atoms with Gasteiger partial charge in [0.15, 0.2) is 0 Å². The smallest absolute Gasteiger partial charge is 0.306 e. The Morgan fingerprint density at radius 2 is 2.62 bits per heavy atom. The van der Waals surface area contributed by atoms with E-state index in [1.807, 2.05) is 0 Å². The van der Waals surface area contributed by atoms with E-state index >= 15 is 0 Å². The molecule has 7 heteroatoms. The van der Waals surface area contributed by atoms with Crippen LogP contribution < -0.4 is 5.32 Å². The van der Waals surface area contributed by atoms with Crippen molar-refractivity contribution >= 4 is 5.69 Å². The summed E-state index contributed by atoms with van der Waals surface area (Å²) in [5, 5.41) is 17.6. The Bertz CT molecular complexity index is 359. The summed E-state index contributed by atoms with van der Waals surface area (Å²) < 4.78 is 6.79. The van der Waals surface area contributed by atoms with Gasteiger partial charge in [-0.3, -0.25) is 14.8 Å².